The van der Waals surface area contributed by atoms with E-state index in [0.717, 1.165) is 11.6 Å². The maximum Gasteiger partial charge on any atom is 0.433 e. The Morgan fingerprint density at radius 3 is 2.59 bits per heavy atom. The minimum absolute atomic E-state index is 0.290. The van der Waals surface area contributed by atoms with E-state index in [0.29, 0.717) is 48.2 Å². The highest BCUT2D eigenvalue weighted by molar-refractivity contribution is 5.81. The number of aromatic nitrogens is 5. The molecule has 0 aliphatic heterocycles. The summed E-state index contributed by atoms with van der Waals surface area (Å²) in [5.74, 6) is 0.994. The average molecular weight is 448 g/mol. The van der Waals surface area contributed by atoms with Crippen molar-refractivity contribution >= 4 is 23.9 Å². The summed E-state index contributed by atoms with van der Waals surface area (Å²) in [7, 11) is 1.86. The van der Waals surface area contributed by atoms with E-state index in [1.807, 2.05) is 18.9 Å². The molecule has 1 amide bonds. The smallest absolute Gasteiger partial charge is 0.358 e. The van der Waals surface area contributed by atoms with Gasteiger partial charge >= 0.3 is 6.18 Å². The fraction of sp³-hybridized carbons (Fsp3) is 0.350. The quantitative estimate of drug-likeness (QED) is 0.485. The molecule has 0 spiro atoms. The third kappa shape index (κ3) is 5.50. The van der Waals surface area contributed by atoms with Gasteiger partial charge in [-0.1, -0.05) is 6.07 Å². The maximum atomic E-state index is 12.6. The largest absolute Gasteiger partial charge is 0.433 e. The molecule has 3 rings (SSSR count). The minimum atomic E-state index is -4.46. The van der Waals surface area contributed by atoms with Crippen molar-refractivity contribution in [2.45, 2.75) is 33.1 Å². The van der Waals surface area contributed by atoms with E-state index in [-0.39, 0.29) is 6.54 Å². The van der Waals surface area contributed by atoms with E-state index in [9.17, 15) is 18.0 Å². The van der Waals surface area contributed by atoms with Gasteiger partial charge in [0.2, 0.25) is 12.4 Å². The molecule has 0 saturated heterocycles. The molecule has 0 aliphatic rings. The third-order valence-corrected chi connectivity index (χ3v) is 4.71. The third-order valence-electron chi connectivity index (χ3n) is 4.71. The highest BCUT2D eigenvalue weighted by Gasteiger charge is 2.32. The molecular formula is C20H23F3N8O. The number of aryl methyl sites for hydroxylation is 1. The molecule has 0 radical (unpaired) electrons. The van der Waals surface area contributed by atoms with Crippen molar-refractivity contribution in [1.82, 2.24) is 24.7 Å². The van der Waals surface area contributed by atoms with Gasteiger partial charge in [-0.25, -0.2) is 4.98 Å². The number of pyridine rings is 1. The number of nitrogens with one attached hydrogen (secondary N) is 2. The Balaban J connectivity index is 1.67. The SMILES string of the molecule is CCN(C)c1nc(NCc2cnn(Cc3ccc(C(F)(F)F)nc3)c2)nc(C)c1NC=O. The van der Waals surface area contributed by atoms with Crippen LogP contribution >= 0.6 is 0 Å². The highest BCUT2D eigenvalue weighted by Crippen LogP contribution is 2.28. The van der Waals surface area contributed by atoms with Crippen molar-refractivity contribution < 1.29 is 18.0 Å². The second-order valence-electron chi connectivity index (χ2n) is 7.06. The van der Waals surface area contributed by atoms with Gasteiger partial charge in [-0.2, -0.15) is 23.3 Å². The molecule has 2 N–H and O–H groups in total. The van der Waals surface area contributed by atoms with Gasteiger partial charge in [0, 0.05) is 38.1 Å². The van der Waals surface area contributed by atoms with E-state index in [4.69, 9.17) is 0 Å². The number of hydrogen-bond donors (Lipinski definition) is 2. The predicted molar refractivity (Wildman–Crippen MR) is 113 cm³/mol. The van der Waals surface area contributed by atoms with E-state index in [2.05, 4.69) is 30.7 Å². The topological polar surface area (TPSA) is 101 Å². The lowest BCUT2D eigenvalue weighted by Gasteiger charge is -2.21. The number of hydrogen-bond acceptors (Lipinski definition) is 7. The van der Waals surface area contributed by atoms with Crippen LogP contribution in [0.15, 0.2) is 30.7 Å². The molecule has 170 valence electrons. The molecule has 0 fully saturated rings. The lowest BCUT2D eigenvalue weighted by Crippen LogP contribution is -2.21. The molecule has 0 atom stereocenters. The second-order valence-corrected chi connectivity index (χ2v) is 7.06. The summed E-state index contributed by atoms with van der Waals surface area (Å²) in [6, 6.07) is 2.34. The molecular weight excluding hydrogens is 425 g/mol. The Bertz CT molecular complexity index is 1070. The summed E-state index contributed by atoms with van der Waals surface area (Å²) in [5.41, 5.74) is 1.68. The highest BCUT2D eigenvalue weighted by atomic mass is 19.4. The number of alkyl halides is 3. The minimum Gasteiger partial charge on any atom is -0.358 e. The van der Waals surface area contributed by atoms with Gasteiger partial charge < -0.3 is 15.5 Å². The first kappa shape index (κ1) is 23.0. The molecule has 3 aromatic rings. The zero-order valence-corrected chi connectivity index (χ0v) is 17.8. The maximum absolute atomic E-state index is 12.6. The number of halogens is 3. The van der Waals surface area contributed by atoms with E-state index in [1.165, 1.54) is 12.3 Å². The summed E-state index contributed by atoms with van der Waals surface area (Å²) in [4.78, 5) is 25.2. The number of amides is 1. The fourth-order valence-corrected chi connectivity index (χ4v) is 2.93. The van der Waals surface area contributed by atoms with Crippen LogP contribution < -0.4 is 15.5 Å². The summed E-state index contributed by atoms with van der Waals surface area (Å²) < 4.78 is 39.5. The van der Waals surface area contributed by atoms with Gasteiger partial charge in [0.25, 0.3) is 0 Å². The van der Waals surface area contributed by atoms with E-state index in [1.54, 1.807) is 24.0 Å². The van der Waals surface area contributed by atoms with Gasteiger partial charge in [0.1, 0.15) is 11.4 Å². The van der Waals surface area contributed by atoms with Gasteiger partial charge in [0.05, 0.1) is 18.4 Å². The molecule has 0 aliphatic carbocycles. The van der Waals surface area contributed by atoms with Crippen molar-refractivity contribution in [2.24, 2.45) is 0 Å². The van der Waals surface area contributed by atoms with Crippen LogP contribution in [-0.2, 0) is 24.1 Å². The van der Waals surface area contributed by atoms with Crippen LogP contribution in [0.5, 0.6) is 0 Å². The Morgan fingerprint density at radius 2 is 1.97 bits per heavy atom. The normalized spacial score (nSPS) is 11.3. The van der Waals surface area contributed by atoms with Crippen molar-refractivity contribution in [3.63, 3.8) is 0 Å². The standard InChI is InChI=1S/C20H23F3N8O/c1-4-30(3)18-17(26-12-32)13(2)28-19(29-18)25-8-15-9-27-31(11-15)10-14-5-6-16(24-7-14)20(21,22)23/h5-7,9,11-12H,4,8,10H2,1-3H3,(H,26,32)(H,25,28,29). The molecule has 3 aromatic heterocycles. The zero-order valence-electron chi connectivity index (χ0n) is 17.8. The molecule has 0 bridgehead atoms. The van der Waals surface area contributed by atoms with Gasteiger partial charge in [0.15, 0.2) is 5.82 Å². The number of carbonyl (C=O) groups is 1. The molecule has 32 heavy (non-hydrogen) atoms. The van der Waals surface area contributed by atoms with Crippen LogP contribution in [-0.4, -0.2) is 44.7 Å². The lowest BCUT2D eigenvalue weighted by atomic mass is 10.2. The van der Waals surface area contributed by atoms with Crippen molar-refractivity contribution in [3.8, 4) is 0 Å². The Hall–Kier alpha value is -3.70. The van der Waals surface area contributed by atoms with Crippen molar-refractivity contribution in [3.05, 3.63) is 53.2 Å². The van der Waals surface area contributed by atoms with Crippen LogP contribution in [0.2, 0.25) is 0 Å². The summed E-state index contributed by atoms with van der Waals surface area (Å²) in [6.07, 6.45) is 0.751. The summed E-state index contributed by atoms with van der Waals surface area (Å²) in [5, 5.41) is 10.0. The Morgan fingerprint density at radius 1 is 1.19 bits per heavy atom. The van der Waals surface area contributed by atoms with Gasteiger partial charge in [-0.05, 0) is 25.5 Å². The Labute approximate surface area is 182 Å². The first-order chi connectivity index (χ1) is 15.2. The lowest BCUT2D eigenvalue weighted by molar-refractivity contribution is -0.141. The molecule has 0 unspecified atom stereocenters. The zero-order chi connectivity index (χ0) is 23.3. The van der Waals surface area contributed by atoms with Gasteiger partial charge in [-0.15, -0.1) is 0 Å². The monoisotopic (exact) mass is 448 g/mol. The molecule has 9 nitrogen and oxygen atoms in total. The average Bonchev–Trinajstić information content (AvgIpc) is 3.20. The number of carbonyl (C=O) groups excluding carboxylic acids is 1. The van der Waals surface area contributed by atoms with Crippen molar-refractivity contribution in [1.29, 1.82) is 0 Å². The first-order valence-electron chi connectivity index (χ1n) is 9.78. The number of anilines is 3. The Kier molecular flexibility index (Phi) is 6.91. The second kappa shape index (κ2) is 9.62. The van der Waals surface area contributed by atoms with Gasteiger partial charge in [-0.3, -0.25) is 14.5 Å². The number of rotatable bonds is 9. The summed E-state index contributed by atoms with van der Waals surface area (Å²) in [6.45, 7) is 5.12. The number of nitrogens with zero attached hydrogens (tertiary/aromatic N) is 6. The van der Waals surface area contributed by atoms with Crippen molar-refractivity contribution in [2.75, 3.05) is 29.1 Å². The molecule has 12 heteroatoms. The van der Waals surface area contributed by atoms with Crippen LogP contribution in [0.4, 0.5) is 30.6 Å². The molecule has 0 saturated carbocycles. The molecule has 3 heterocycles. The first-order valence-corrected chi connectivity index (χ1v) is 9.78. The van der Waals surface area contributed by atoms with E-state index < -0.39 is 11.9 Å². The fourth-order valence-electron chi connectivity index (χ4n) is 2.93. The predicted octanol–water partition coefficient (Wildman–Crippen LogP) is 3.08. The van der Waals surface area contributed by atoms with Crippen LogP contribution in [0, 0.1) is 6.92 Å². The van der Waals surface area contributed by atoms with Crippen LogP contribution in [0.1, 0.15) is 29.4 Å². The van der Waals surface area contributed by atoms with Crippen LogP contribution in [0.3, 0.4) is 0 Å². The van der Waals surface area contributed by atoms with Crippen LogP contribution in [0.25, 0.3) is 0 Å². The summed E-state index contributed by atoms with van der Waals surface area (Å²) >= 11 is 0. The molecule has 0 aromatic carbocycles. The van der Waals surface area contributed by atoms with E-state index >= 15 is 0 Å².